The lowest BCUT2D eigenvalue weighted by Crippen LogP contribution is -2.15. The Hall–Kier alpha value is -1.98. The van der Waals surface area contributed by atoms with Crippen LogP contribution in [-0.4, -0.2) is 27.5 Å². The zero-order valence-electron chi connectivity index (χ0n) is 12.2. The summed E-state index contributed by atoms with van der Waals surface area (Å²) in [6.45, 7) is 1.72. The summed E-state index contributed by atoms with van der Waals surface area (Å²) in [4.78, 5) is 4.37. The van der Waals surface area contributed by atoms with E-state index < -0.39 is 0 Å². The number of ether oxygens (including phenoxy) is 1. The van der Waals surface area contributed by atoms with Crippen molar-refractivity contribution in [3.8, 4) is 21.8 Å². The van der Waals surface area contributed by atoms with Crippen LogP contribution in [-0.2, 0) is 11.3 Å². The van der Waals surface area contributed by atoms with Crippen LogP contribution in [0.3, 0.4) is 0 Å². The van der Waals surface area contributed by atoms with Gasteiger partial charge in [0, 0.05) is 35.5 Å². The van der Waals surface area contributed by atoms with Crippen LogP contribution in [0.15, 0.2) is 48.1 Å². The molecule has 0 bridgehead atoms. The lowest BCUT2D eigenvalue weighted by atomic mass is 10.1. The quantitative estimate of drug-likeness (QED) is 0.734. The van der Waals surface area contributed by atoms with Crippen molar-refractivity contribution < 1.29 is 4.74 Å². The van der Waals surface area contributed by atoms with E-state index in [0.717, 1.165) is 47.8 Å². The van der Waals surface area contributed by atoms with Gasteiger partial charge in [0.25, 0.3) is 0 Å². The Labute approximate surface area is 133 Å². The van der Waals surface area contributed by atoms with E-state index in [4.69, 9.17) is 4.74 Å². The molecule has 1 atom stereocenters. The van der Waals surface area contributed by atoms with Crippen molar-refractivity contribution in [1.29, 1.82) is 0 Å². The summed E-state index contributed by atoms with van der Waals surface area (Å²) in [5.74, 6) is 0. The molecule has 4 rings (SSSR count). The molecular formula is C17H17N3OS. The normalized spacial score (nSPS) is 17.9. The Balaban J connectivity index is 1.57. The summed E-state index contributed by atoms with van der Waals surface area (Å²) in [6.07, 6.45) is 6.48. The molecule has 1 aliphatic rings. The smallest absolute Gasteiger partial charge is 0.123 e. The molecule has 0 amide bonds. The van der Waals surface area contributed by atoms with Crippen LogP contribution in [0, 0.1) is 0 Å². The molecule has 3 heterocycles. The molecule has 1 aromatic carbocycles. The fourth-order valence-corrected chi connectivity index (χ4v) is 3.43. The summed E-state index contributed by atoms with van der Waals surface area (Å²) in [5, 5.41) is 7.73. The highest BCUT2D eigenvalue weighted by Gasteiger charge is 2.16. The molecule has 4 nitrogen and oxygen atoms in total. The van der Waals surface area contributed by atoms with Gasteiger partial charge in [-0.05, 0) is 25.0 Å². The van der Waals surface area contributed by atoms with E-state index in [0.29, 0.717) is 6.10 Å². The maximum Gasteiger partial charge on any atom is 0.123 e. The van der Waals surface area contributed by atoms with Gasteiger partial charge in [-0.25, -0.2) is 4.98 Å². The second-order valence-electron chi connectivity index (χ2n) is 5.48. The number of benzene rings is 1. The van der Waals surface area contributed by atoms with Gasteiger partial charge in [-0.2, -0.15) is 5.10 Å². The Morgan fingerprint density at radius 2 is 2.23 bits per heavy atom. The zero-order chi connectivity index (χ0) is 14.8. The Kier molecular flexibility index (Phi) is 3.74. The first-order chi connectivity index (χ1) is 10.9. The highest BCUT2D eigenvalue weighted by molar-refractivity contribution is 7.13. The fraction of sp³-hybridized carbons (Fsp3) is 0.294. The topological polar surface area (TPSA) is 39.9 Å². The third-order valence-corrected chi connectivity index (χ3v) is 4.72. The highest BCUT2D eigenvalue weighted by Crippen LogP contribution is 2.26. The predicted octanol–water partition coefficient (Wildman–Crippen LogP) is 3.85. The van der Waals surface area contributed by atoms with E-state index in [1.54, 1.807) is 11.3 Å². The van der Waals surface area contributed by atoms with Crippen LogP contribution in [0.1, 0.15) is 12.8 Å². The van der Waals surface area contributed by atoms with Crippen LogP contribution < -0.4 is 0 Å². The standard InChI is InChI=1S/C17H17N3OS/c1-3-13(11-14(4-1)17-18-7-10-22-17)16-6-8-20(19-16)12-15-5-2-9-21-15/h1,3-4,6-8,10-11,15H,2,5,9,12H2/t15-/m1/s1. The van der Waals surface area contributed by atoms with Gasteiger partial charge >= 0.3 is 0 Å². The SMILES string of the molecule is c1cc(-c2ccn(C[C@H]3CCCO3)n2)cc(-c2nccs2)c1. The average molecular weight is 311 g/mol. The first-order valence-corrected chi connectivity index (χ1v) is 8.42. The van der Waals surface area contributed by atoms with Crippen LogP contribution in [0.25, 0.3) is 21.8 Å². The Morgan fingerprint density at radius 1 is 1.27 bits per heavy atom. The molecule has 22 heavy (non-hydrogen) atoms. The third kappa shape index (κ3) is 2.82. The van der Waals surface area contributed by atoms with Crippen molar-refractivity contribution in [2.24, 2.45) is 0 Å². The van der Waals surface area contributed by atoms with Crippen LogP contribution in [0.5, 0.6) is 0 Å². The van der Waals surface area contributed by atoms with E-state index in [1.165, 1.54) is 0 Å². The van der Waals surface area contributed by atoms with Crippen molar-refractivity contribution in [2.45, 2.75) is 25.5 Å². The summed E-state index contributed by atoms with van der Waals surface area (Å²) >= 11 is 1.65. The molecule has 5 heteroatoms. The second-order valence-corrected chi connectivity index (χ2v) is 6.37. The largest absolute Gasteiger partial charge is 0.376 e. The molecule has 2 aromatic heterocycles. The van der Waals surface area contributed by atoms with Crippen molar-refractivity contribution in [2.75, 3.05) is 6.61 Å². The molecule has 0 N–H and O–H groups in total. The summed E-state index contributed by atoms with van der Waals surface area (Å²) in [5.41, 5.74) is 3.26. The fourth-order valence-electron chi connectivity index (χ4n) is 2.79. The van der Waals surface area contributed by atoms with E-state index in [2.05, 4.69) is 40.4 Å². The summed E-state index contributed by atoms with van der Waals surface area (Å²) < 4.78 is 7.66. The van der Waals surface area contributed by atoms with Gasteiger partial charge in [0.2, 0.25) is 0 Å². The van der Waals surface area contributed by atoms with E-state index in [1.807, 2.05) is 22.5 Å². The van der Waals surface area contributed by atoms with Gasteiger partial charge in [-0.3, -0.25) is 4.68 Å². The molecule has 1 fully saturated rings. The van der Waals surface area contributed by atoms with Crippen molar-refractivity contribution in [1.82, 2.24) is 14.8 Å². The molecule has 0 saturated carbocycles. The molecule has 0 spiro atoms. The number of rotatable bonds is 4. The maximum atomic E-state index is 5.67. The van der Waals surface area contributed by atoms with Crippen molar-refractivity contribution in [3.63, 3.8) is 0 Å². The van der Waals surface area contributed by atoms with Crippen molar-refractivity contribution in [3.05, 3.63) is 48.1 Å². The first kappa shape index (κ1) is 13.7. The number of hydrogen-bond acceptors (Lipinski definition) is 4. The highest BCUT2D eigenvalue weighted by atomic mass is 32.1. The van der Waals surface area contributed by atoms with Gasteiger partial charge in [0.15, 0.2) is 0 Å². The Morgan fingerprint density at radius 3 is 3.05 bits per heavy atom. The van der Waals surface area contributed by atoms with Gasteiger partial charge < -0.3 is 4.74 Å². The van der Waals surface area contributed by atoms with E-state index >= 15 is 0 Å². The first-order valence-electron chi connectivity index (χ1n) is 7.54. The lowest BCUT2D eigenvalue weighted by Gasteiger charge is -2.08. The lowest BCUT2D eigenvalue weighted by molar-refractivity contribution is 0.0940. The third-order valence-electron chi connectivity index (χ3n) is 3.89. The number of thiazole rings is 1. The number of hydrogen-bond donors (Lipinski definition) is 0. The average Bonchev–Trinajstić information content (AvgIpc) is 3.31. The minimum absolute atomic E-state index is 0.314. The molecule has 1 saturated heterocycles. The summed E-state index contributed by atoms with van der Waals surface area (Å²) in [7, 11) is 0. The van der Waals surface area contributed by atoms with Crippen LogP contribution in [0.4, 0.5) is 0 Å². The minimum Gasteiger partial charge on any atom is -0.376 e. The monoisotopic (exact) mass is 311 g/mol. The van der Waals surface area contributed by atoms with Gasteiger partial charge in [0.1, 0.15) is 5.01 Å². The molecule has 3 aromatic rings. The minimum atomic E-state index is 0.314. The molecule has 112 valence electrons. The molecular weight excluding hydrogens is 294 g/mol. The van der Waals surface area contributed by atoms with Gasteiger partial charge in [-0.1, -0.05) is 18.2 Å². The van der Waals surface area contributed by atoms with Gasteiger partial charge in [0.05, 0.1) is 18.3 Å². The van der Waals surface area contributed by atoms with Crippen LogP contribution >= 0.6 is 11.3 Å². The number of aromatic nitrogens is 3. The predicted molar refractivity (Wildman–Crippen MR) is 87.7 cm³/mol. The van der Waals surface area contributed by atoms with E-state index in [-0.39, 0.29) is 0 Å². The molecule has 1 aliphatic heterocycles. The van der Waals surface area contributed by atoms with Gasteiger partial charge in [-0.15, -0.1) is 11.3 Å². The maximum absolute atomic E-state index is 5.67. The van der Waals surface area contributed by atoms with E-state index in [9.17, 15) is 0 Å². The number of nitrogens with zero attached hydrogens (tertiary/aromatic N) is 3. The molecule has 0 radical (unpaired) electrons. The second kappa shape index (κ2) is 6.02. The van der Waals surface area contributed by atoms with Crippen molar-refractivity contribution >= 4 is 11.3 Å². The van der Waals surface area contributed by atoms with Crippen LogP contribution in [0.2, 0.25) is 0 Å². The summed E-state index contributed by atoms with van der Waals surface area (Å²) in [6, 6.07) is 10.5. The molecule has 0 aliphatic carbocycles. The Bertz CT molecular complexity index is 745. The molecule has 0 unspecified atom stereocenters. The zero-order valence-corrected chi connectivity index (χ0v) is 13.0.